The summed E-state index contributed by atoms with van der Waals surface area (Å²) < 4.78 is 11.1. The van der Waals surface area contributed by atoms with E-state index in [9.17, 15) is 5.11 Å². The molecule has 0 fully saturated rings. The summed E-state index contributed by atoms with van der Waals surface area (Å²) in [5.74, 6) is 0.921. The Morgan fingerprint density at radius 2 is 2.18 bits per heavy atom. The van der Waals surface area contributed by atoms with Crippen LogP contribution in [0.1, 0.15) is 17.4 Å². The van der Waals surface area contributed by atoms with E-state index in [1.807, 2.05) is 0 Å². The molecule has 0 radical (unpaired) electrons. The number of halogens is 2. The minimum Gasteiger partial charge on any atom is -0.496 e. The van der Waals surface area contributed by atoms with E-state index in [2.05, 4.69) is 15.9 Å². The van der Waals surface area contributed by atoms with Crippen molar-refractivity contribution in [2.45, 2.75) is 6.10 Å². The second-order valence-electron chi connectivity index (χ2n) is 3.39. The van der Waals surface area contributed by atoms with Crippen molar-refractivity contribution >= 4 is 27.5 Å². The minimum absolute atomic E-state index is 0.399. The maximum atomic E-state index is 10.3. The second kappa shape index (κ2) is 5.12. The fourth-order valence-electron chi connectivity index (χ4n) is 1.59. The fourth-order valence-corrected chi connectivity index (χ4v) is 2.28. The summed E-state index contributed by atoms with van der Waals surface area (Å²) >= 11 is 9.37. The van der Waals surface area contributed by atoms with E-state index in [0.29, 0.717) is 26.6 Å². The van der Waals surface area contributed by atoms with Gasteiger partial charge in [0.1, 0.15) is 11.9 Å². The highest BCUT2D eigenvalue weighted by molar-refractivity contribution is 9.10. The molecule has 1 heterocycles. The van der Waals surface area contributed by atoms with Gasteiger partial charge in [0.2, 0.25) is 0 Å². The van der Waals surface area contributed by atoms with Crippen molar-refractivity contribution in [1.29, 1.82) is 0 Å². The van der Waals surface area contributed by atoms with Crippen LogP contribution in [0.5, 0.6) is 5.75 Å². The first-order chi connectivity index (χ1) is 8.15. The Kier molecular flexibility index (Phi) is 3.76. The molecule has 0 aliphatic carbocycles. The number of rotatable bonds is 3. The molecule has 3 nitrogen and oxygen atoms in total. The third kappa shape index (κ3) is 2.34. The number of ether oxygens (including phenoxy) is 1. The average Bonchev–Trinajstić information content (AvgIpc) is 2.74. The van der Waals surface area contributed by atoms with Crippen LogP contribution in [-0.2, 0) is 0 Å². The Morgan fingerprint density at radius 3 is 2.76 bits per heavy atom. The average molecular weight is 318 g/mol. The van der Waals surface area contributed by atoms with Crippen molar-refractivity contribution in [3.05, 3.63) is 51.3 Å². The van der Waals surface area contributed by atoms with Gasteiger partial charge in [-0.25, -0.2) is 0 Å². The standard InChI is InChI=1S/C12H10BrClO3/c1-16-9-4-2-3-8(14)10(9)11(15)12-7(13)5-6-17-12/h2-6,11,15H,1H3. The van der Waals surface area contributed by atoms with Gasteiger partial charge in [0.25, 0.3) is 0 Å². The summed E-state index contributed by atoms with van der Waals surface area (Å²) in [6, 6.07) is 6.90. The topological polar surface area (TPSA) is 42.6 Å². The SMILES string of the molecule is COc1cccc(Cl)c1C(O)c1occc1Br. The van der Waals surface area contributed by atoms with Crippen LogP contribution in [0.15, 0.2) is 39.4 Å². The van der Waals surface area contributed by atoms with Crippen molar-refractivity contribution in [2.24, 2.45) is 0 Å². The molecule has 5 heteroatoms. The fraction of sp³-hybridized carbons (Fsp3) is 0.167. The molecule has 0 amide bonds. The molecule has 0 bridgehead atoms. The van der Waals surface area contributed by atoms with Crippen molar-refractivity contribution in [1.82, 2.24) is 0 Å². The van der Waals surface area contributed by atoms with Crippen LogP contribution in [-0.4, -0.2) is 12.2 Å². The van der Waals surface area contributed by atoms with Gasteiger partial charge in [0.05, 0.1) is 22.9 Å². The van der Waals surface area contributed by atoms with Crippen LogP contribution >= 0.6 is 27.5 Å². The Morgan fingerprint density at radius 1 is 1.41 bits per heavy atom. The van der Waals surface area contributed by atoms with Crippen molar-refractivity contribution in [2.75, 3.05) is 7.11 Å². The van der Waals surface area contributed by atoms with Crippen LogP contribution in [0, 0.1) is 0 Å². The van der Waals surface area contributed by atoms with Crippen LogP contribution < -0.4 is 4.74 Å². The molecule has 1 aromatic carbocycles. The highest BCUT2D eigenvalue weighted by Gasteiger charge is 2.23. The largest absolute Gasteiger partial charge is 0.496 e. The minimum atomic E-state index is -0.969. The molecule has 2 rings (SSSR count). The zero-order chi connectivity index (χ0) is 12.4. The summed E-state index contributed by atoms with van der Waals surface area (Å²) in [6.45, 7) is 0. The van der Waals surface area contributed by atoms with Gasteiger partial charge in [-0.1, -0.05) is 17.7 Å². The van der Waals surface area contributed by atoms with Crippen molar-refractivity contribution in [3.8, 4) is 5.75 Å². The number of furan rings is 1. The normalized spacial score (nSPS) is 12.5. The lowest BCUT2D eigenvalue weighted by molar-refractivity contribution is 0.184. The zero-order valence-electron chi connectivity index (χ0n) is 8.98. The summed E-state index contributed by atoms with van der Waals surface area (Å²) in [5, 5.41) is 10.7. The van der Waals surface area contributed by atoms with Crippen LogP contribution in [0.3, 0.4) is 0 Å². The maximum absolute atomic E-state index is 10.3. The second-order valence-corrected chi connectivity index (χ2v) is 4.65. The maximum Gasteiger partial charge on any atom is 0.151 e. The number of aliphatic hydroxyl groups excluding tert-OH is 1. The van der Waals surface area contributed by atoms with Gasteiger partial charge in [-0.2, -0.15) is 0 Å². The molecule has 1 atom stereocenters. The Bertz CT molecular complexity index is 524. The Hall–Kier alpha value is -0.970. The summed E-state index contributed by atoms with van der Waals surface area (Å²) in [4.78, 5) is 0. The van der Waals surface area contributed by atoms with Gasteiger partial charge in [0.15, 0.2) is 5.76 Å². The molecular formula is C12H10BrClO3. The Labute approximate surface area is 112 Å². The van der Waals surface area contributed by atoms with Crippen LogP contribution in [0.2, 0.25) is 5.02 Å². The smallest absolute Gasteiger partial charge is 0.151 e. The Balaban J connectivity index is 2.50. The summed E-state index contributed by atoms with van der Waals surface area (Å²) in [5.41, 5.74) is 0.493. The van der Waals surface area contributed by atoms with Gasteiger partial charge in [-0.3, -0.25) is 0 Å². The predicted molar refractivity (Wildman–Crippen MR) is 68.5 cm³/mol. The molecule has 0 aliphatic heterocycles. The van der Waals surface area contributed by atoms with E-state index < -0.39 is 6.10 Å². The molecule has 1 aromatic heterocycles. The van der Waals surface area contributed by atoms with Crippen LogP contribution in [0.25, 0.3) is 0 Å². The lowest BCUT2D eigenvalue weighted by atomic mass is 10.1. The first-order valence-electron chi connectivity index (χ1n) is 4.88. The number of benzene rings is 1. The van der Waals surface area contributed by atoms with Crippen molar-refractivity contribution in [3.63, 3.8) is 0 Å². The number of aliphatic hydroxyl groups is 1. The first-order valence-corrected chi connectivity index (χ1v) is 6.05. The summed E-state index contributed by atoms with van der Waals surface area (Å²) in [7, 11) is 1.53. The predicted octanol–water partition coefficient (Wildman–Crippen LogP) is 3.79. The molecular weight excluding hydrogens is 307 g/mol. The molecule has 1 N–H and O–H groups in total. The highest BCUT2D eigenvalue weighted by atomic mass is 79.9. The number of hydrogen-bond acceptors (Lipinski definition) is 3. The van der Waals surface area contributed by atoms with Gasteiger partial charge < -0.3 is 14.3 Å². The first kappa shape index (κ1) is 12.5. The third-order valence-corrected chi connectivity index (χ3v) is 3.38. The van der Waals surface area contributed by atoms with E-state index in [4.69, 9.17) is 20.8 Å². The van der Waals surface area contributed by atoms with Gasteiger partial charge in [0, 0.05) is 5.56 Å². The number of hydrogen-bond donors (Lipinski definition) is 1. The summed E-state index contributed by atoms with van der Waals surface area (Å²) in [6.07, 6.45) is 0.523. The molecule has 17 heavy (non-hydrogen) atoms. The van der Waals surface area contributed by atoms with E-state index >= 15 is 0 Å². The molecule has 0 saturated carbocycles. The molecule has 1 unspecified atom stereocenters. The van der Waals surface area contributed by atoms with E-state index in [1.165, 1.54) is 13.4 Å². The highest BCUT2D eigenvalue weighted by Crippen LogP contribution is 2.38. The van der Waals surface area contributed by atoms with E-state index in [-0.39, 0.29) is 0 Å². The molecule has 90 valence electrons. The van der Waals surface area contributed by atoms with E-state index in [0.717, 1.165) is 0 Å². The number of methoxy groups -OCH3 is 1. The van der Waals surface area contributed by atoms with Crippen molar-refractivity contribution < 1.29 is 14.3 Å². The van der Waals surface area contributed by atoms with Gasteiger partial charge >= 0.3 is 0 Å². The van der Waals surface area contributed by atoms with Crippen LogP contribution in [0.4, 0.5) is 0 Å². The monoisotopic (exact) mass is 316 g/mol. The van der Waals surface area contributed by atoms with Gasteiger partial charge in [-0.15, -0.1) is 0 Å². The molecule has 0 aliphatic rings. The third-order valence-electron chi connectivity index (χ3n) is 2.40. The lowest BCUT2D eigenvalue weighted by Crippen LogP contribution is -2.02. The van der Waals surface area contributed by atoms with Gasteiger partial charge in [-0.05, 0) is 34.1 Å². The van der Waals surface area contributed by atoms with E-state index in [1.54, 1.807) is 24.3 Å². The molecule has 0 saturated heterocycles. The lowest BCUT2D eigenvalue weighted by Gasteiger charge is -2.14. The molecule has 0 spiro atoms. The quantitative estimate of drug-likeness (QED) is 0.936. The zero-order valence-corrected chi connectivity index (χ0v) is 11.3. The molecule has 2 aromatic rings.